The van der Waals surface area contributed by atoms with Crippen molar-refractivity contribution in [2.24, 2.45) is 0 Å². The van der Waals surface area contributed by atoms with E-state index < -0.39 is 0 Å². The standard InChI is InChI=1S/C19H26ClN3O2/c20-15-3-1-14(2-4-15)18-13-23(11-12-25-18)19(24)21-16-7-9-22(10-8-16)17-5-6-17/h1-4,16-18H,5-13H2,(H,21,24). The fourth-order valence-electron chi connectivity index (χ4n) is 3.83. The first-order valence-electron chi connectivity index (χ1n) is 9.35. The molecule has 1 aromatic carbocycles. The lowest BCUT2D eigenvalue weighted by Crippen LogP contribution is -2.52. The highest BCUT2D eigenvalue weighted by Gasteiger charge is 2.33. The molecule has 6 heteroatoms. The summed E-state index contributed by atoms with van der Waals surface area (Å²) in [6.07, 6.45) is 4.77. The molecule has 2 saturated heterocycles. The summed E-state index contributed by atoms with van der Waals surface area (Å²) in [4.78, 5) is 17.1. The summed E-state index contributed by atoms with van der Waals surface area (Å²) in [6.45, 7) is 4.05. The van der Waals surface area contributed by atoms with E-state index in [9.17, 15) is 4.79 Å². The van der Waals surface area contributed by atoms with Crippen molar-refractivity contribution in [2.45, 2.75) is 43.9 Å². The van der Waals surface area contributed by atoms with E-state index in [1.54, 1.807) is 0 Å². The van der Waals surface area contributed by atoms with Crippen molar-refractivity contribution in [1.82, 2.24) is 15.1 Å². The summed E-state index contributed by atoms with van der Waals surface area (Å²) in [5.74, 6) is 0. The molecule has 0 bridgehead atoms. The average Bonchev–Trinajstić information content (AvgIpc) is 3.48. The fraction of sp³-hybridized carbons (Fsp3) is 0.632. The number of carbonyl (C=O) groups is 1. The Hall–Kier alpha value is -1.30. The molecule has 0 spiro atoms. The zero-order valence-electron chi connectivity index (χ0n) is 14.5. The molecular weight excluding hydrogens is 338 g/mol. The molecule has 5 nitrogen and oxygen atoms in total. The minimum Gasteiger partial charge on any atom is -0.370 e. The van der Waals surface area contributed by atoms with E-state index in [1.807, 2.05) is 29.2 Å². The summed E-state index contributed by atoms with van der Waals surface area (Å²) < 4.78 is 5.85. The van der Waals surface area contributed by atoms with Crippen LogP contribution >= 0.6 is 11.6 Å². The van der Waals surface area contributed by atoms with Gasteiger partial charge in [0, 0.05) is 36.7 Å². The number of morpholine rings is 1. The highest BCUT2D eigenvalue weighted by molar-refractivity contribution is 6.30. The number of hydrogen-bond donors (Lipinski definition) is 1. The van der Waals surface area contributed by atoms with E-state index in [-0.39, 0.29) is 12.1 Å². The first-order chi connectivity index (χ1) is 12.2. The average molecular weight is 364 g/mol. The van der Waals surface area contributed by atoms with Crippen molar-refractivity contribution in [1.29, 1.82) is 0 Å². The van der Waals surface area contributed by atoms with Gasteiger partial charge in [-0.2, -0.15) is 0 Å². The number of carbonyl (C=O) groups excluding carboxylic acids is 1. The second-order valence-corrected chi connectivity index (χ2v) is 7.78. The van der Waals surface area contributed by atoms with Gasteiger partial charge in [-0.3, -0.25) is 0 Å². The minimum absolute atomic E-state index is 0.0483. The third-order valence-corrected chi connectivity index (χ3v) is 5.77. The topological polar surface area (TPSA) is 44.8 Å². The third kappa shape index (κ3) is 4.27. The van der Waals surface area contributed by atoms with Crippen LogP contribution in [-0.2, 0) is 4.74 Å². The SMILES string of the molecule is O=C(NC1CCN(C2CC2)CC1)N1CCOC(c2ccc(Cl)cc2)C1. The maximum absolute atomic E-state index is 12.6. The predicted molar refractivity (Wildman–Crippen MR) is 97.9 cm³/mol. The van der Waals surface area contributed by atoms with Gasteiger partial charge in [0.05, 0.1) is 13.2 Å². The molecule has 136 valence electrons. The van der Waals surface area contributed by atoms with E-state index in [1.165, 1.54) is 12.8 Å². The maximum Gasteiger partial charge on any atom is 0.317 e. The summed E-state index contributed by atoms with van der Waals surface area (Å²) in [5, 5.41) is 3.95. The van der Waals surface area contributed by atoms with Gasteiger partial charge in [0.25, 0.3) is 0 Å². The van der Waals surface area contributed by atoms with E-state index in [0.717, 1.165) is 37.5 Å². The summed E-state index contributed by atoms with van der Waals surface area (Å²) in [5.41, 5.74) is 1.07. The molecule has 3 aliphatic rings. The number of likely N-dealkylation sites (tertiary alicyclic amines) is 1. The van der Waals surface area contributed by atoms with Crippen molar-refractivity contribution in [3.63, 3.8) is 0 Å². The van der Waals surface area contributed by atoms with Crippen LogP contribution in [0.4, 0.5) is 4.79 Å². The third-order valence-electron chi connectivity index (χ3n) is 5.52. The van der Waals surface area contributed by atoms with Gasteiger partial charge in [-0.25, -0.2) is 4.79 Å². The van der Waals surface area contributed by atoms with Crippen molar-refractivity contribution >= 4 is 17.6 Å². The van der Waals surface area contributed by atoms with Crippen molar-refractivity contribution in [3.8, 4) is 0 Å². The van der Waals surface area contributed by atoms with Gasteiger partial charge in [-0.05, 0) is 43.4 Å². The van der Waals surface area contributed by atoms with Crippen LogP contribution in [0.1, 0.15) is 37.4 Å². The molecule has 0 aromatic heterocycles. The van der Waals surface area contributed by atoms with E-state index >= 15 is 0 Å². The Kier molecular flexibility index (Phi) is 5.15. The number of amides is 2. The second kappa shape index (κ2) is 7.52. The van der Waals surface area contributed by atoms with Crippen LogP contribution in [0, 0.1) is 0 Å². The Morgan fingerprint density at radius 2 is 1.80 bits per heavy atom. The van der Waals surface area contributed by atoms with Gasteiger partial charge in [0.2, 0.25) is 0 Å². The van der Waals surface area contributed by atoms with Crippen LogP contribution in [0.15, 0.2) is 24.3 Å². The first-order valence-corrected chi connectivity index (χ1v) is 9.73. The quantitative estimate of drug-likeness (QED) is 0.897. The smallest absolute Gasteiger partial charge is 0.317 e. The van der Waals surface area contributed by atoms with E-state index in [0.29, 0.717) is 30.8 Å². The minimum atomic E-state index is -0.0755. The van der Waals surface area contributed by atoms with Gasteiger partial charge >= 0.3 is 6.03 Å². The van der Waals surface area contributed by atoms with Crippen LogP contribution in [-0.4, -0.2) is 60.7 Å². The molecule has 1 atom stereocenters. The second-order valence-electron chi connectivity index (χ2n) is 7.35. The Morgan fingerprint density at radius 1 is 1.08 bits per heavy atom. The summed E-state index contributed by atoms with van der Waals surface area (Å²) in [7, 11) is 0. The number of rotatable bonds is 3. The normalized spacial score (nSPS) is 25.8. The number of halogens is 1. The molecular formula is C19H26ClN3O2. The number of nitrogens with one attached hydrogen (secondary N) is 1. The highest BCUT2D eigenvalue weighted by Crippen LogP contribution is 2.29. The number of piperidine rings is 1. The largest absolute Gasteiger partial charge is 0.370 e. The number of hydrogen-bond acceptors (Lipinski definition) is 3. The summed E-state index contributed by atoms with van der Waals surface area (Å²) in [6, 6.07) is 8.87. The molecule has 3 fully saturated rings. The molecule has 2 heterocycles. The van der Waals surface area contributed by atoms with Gasteiger partial charge in [0.15, 0.2) is 0 Å². The van der Waals surface area contributed by atoms with E-state index in [2.05, 4.69) is 10.2 Å². The van der Waals surface area contributed by atoms with Gasteiger partial charge < -0.3 is 19.9 Å². The van der Waals surface area contributed by atoms with Crippen LogP contribution in [0.5, 0.6) is 0 Å². The lowest BCUT2D eigenvalue weighted by molar-refractivity contribution is -0.0160. The van der Waals surface area contributed by atoms with Crippen LogP contribution in [0.2, 0.25) is 5.02 Å². The molecule has 0 radical (unpaired) electrons. The number of benzene rings is 1. The molecule has 1 N–H and O–H groups in total. The van der Waals surface area contributed by atoms with Crippen LogP contribution in [0.25, 0.3) is 0 Å². The Labute approximate surface area is 154 Å². The predicted octanol–water partition coefficient (Wildman–Crippen LogP) is 3.05. The zero-order chi connectivity index (χ0) is 17.2. The molecule has 2 amide bonds. The van der Waals surface area contributed by atoms with Crippen LogP contribution < -0.4 is 5.32 Å². The highest BCUT2D eigenvalue weighted by atomic mass is 35.5. The van der Waals surface area contributed by atoms with Crippen molar-refractivity contribution in [3.05, 3.63) is 34.9 Å². The summed E-state index contributed by atoms with van der Waals surface area (Å²) >= 11 is 5.95. The molecule has 1 unspecified atom stereocenters. The number of ether oxygens (including phenoxy) is 1. The number of urea groups is 1. The number of nitrogens with zero attached hydrogens (tertiary/aromatic N) is 2. The lowest BCUT2D eigenvalue weighted by Gasteiger charge is -2.36. The monoisotopic (exact) mass is 363 g/mol. The van der Waals surface area contributed by atoms with Gasteiger partial charge in [-0.15, -0.1) is 0 Å². The first kappa shape index (κ1) is 17.1. The Bertz CT molecular complexity index is 597. The van der Waals surface area contributed by atoms with Gasteiger partial charge in [0.1, 0.15) is 6.10 Å². The molecule has 4 rings (SSSR count). The van der Waals surface area contributed by atoms with Gasteiger partial charge in [-0.1, -0.05) is 23.7 Å². The molecule has 1 saturated carbocycles. The lowest BCUT2D eigenvalue weighted by atomic mass is 10.0. The van der Waals surface area contributed by atoms with E-state index in [4.69, 9.17) is 16.3 Å². The van der Waals surface area contributed by atoms with Crippen LogP contribution in [0.3, 0.4) is 0 Å². The van der Waals surface area contributed by atoms with Crippen molar-refractivity contribution < 1.29 is 9.53 Å². The maximum atomic E-state index is 12.6. The van der Waals surface area contributed by atoms with Crippen molar-refractivity contribution in [2.75, 3.05) is 32.8 Å². The molecule has 2 aliphatic heterocycles. The molecule has 25 heavy (non-hydrogen) atoms. The Balaban J connectivity index is 1.28. The fourth-order valence-corrected chi connectivity index (χ4v) is 3.95. The molecule has 1 aliphatic carbocycles. The Morgan fingerprint density at radius 3 is 2.48 bits per heavy atom. The molecule has 1 aromatic rings. The zero-order valence-corrected chi connectivity index (χ0v) is 15.3.